The van der Waals surface area contributed by atoms with Gasteiger partial charge in [-0.25, -0.2) is 14.3 Å². The first kappa shape index (κ1) is 24.5. The van der Waals surface area contributed by atoms with E-state index in [4.69, 9.17) is 16.3 Å². The second-order valence-electron chi connectivity index (χ2n) is 8.94. The second-order valence-corrected chi connectivity index (χ2v) is 9.35. The smallest absolute Gasteiger partial charge is 0.246 e. The number of rotatable bonds is 7. The Labute approximate surface area is 219 Å². The molecule has 0 atom stereocenters. The highest BCUT2D eigenvalue weighted by Crippen LogP contribution is 2.30. The number of anilines is 1. The van der Waals surface area contributed by atoms with Gasteiger partial charge in [-0.1, -0.05) is 41.9 Å². The van der Waals surface area contributed by atoms with Gasteiger partial charge in [0, 0.05) is 16.6 Å². The average Bonchev–Trinajstić information content (AvgIpc) is 3.35. The minimum Gasteiger partial charge on any atom is -0.471 e. The van der Waals surface area contributed by atoms with Crippen LogP contribution in [-0.2, 0) is 18.1 Å². The molecule has 188 valence electrons. The van der Waals surface area contributed by atoms with Crippen LogP contribution in [0.3, 0.4) is 0 Å². The quantitative estimate of drug-likeness (QED) is 0.294. The van der Waals surface area contributed by atoms with Crippen LogP contribution in [0.4, 0.5) is 5.69 Å². The van der Waals surface area contributed by atoms with E-state index in [2.05, 4.69) is 32.6 Å². The maximum absolute atomic E-state index is 13.1. The summed E-state index contributed by atoms with van der Waals surface area (Å²) in [6, 6.07) is 17.6. The van der Waals surface area contributed by atoms with Crippen molar-refractivity contribution in [2.45, 2.75) is 41.0 Å². The molecule has 3 heterocycles. The maximum atomic E-state index is 13.1. The highest BCUT2D eigenvalue weighted by molar-refractivity contribution is 6.31. The monoisotopic (exact) mass is 514 g/mol. The summed E-state index contributed by atoms with van der Waals surface area (Å²) in [6.45, 7) is 7.85. The molecular formula is C28H27ClN6O2. The summed E-state index contributed by atoms with van der Waals surface area (Å²) in [5.74, 6) is 0.486. The fourth-order valence-corrected chi connectivity index (χ4v) is 4.53. The van der Waals surface area contributed by atoms with E-state index in [0.717, 1.165) is 33.5 Å². The van der Waals surface area contributed by atoms with Crippen molar-refractivity contribution < 1.29 is 9.53 Å². The molecule has 8 nitrogen and oxygen atoms in total. The topological polar surface area (TPSA) is 86.9 Å². The molecule has 5 aromatic rings. The molecule has 0 aliphatic rings. The molecule has 0 spiro atoms. The number of carbonyl (C=O) groups excluding carboxylic acids is 1. The number of hydrogen-bond acceptors (Lipinski definition) is 5. The highest BCUT2D eigenvalue weighted by atomic mass is 35.5. The van der Waals surface area contributed by atoms with Crippen LogP contribution in [0.1, 0.15) is 22.6 Å². The van der Waals surface area contributed by atoms with E-state index in [0.29, 0.717) is 27.8 Å². The van der Waals surface area contributed by atoms with Gasteiger partial charge < -0.3 is 10.1 Å². The number of nitrogens with one attached hydrogen (secondary N) is 1. The number of aryl methyl sites for hydroxylation is 3. The fraction of sp³-hybridized carbons (Fsp3) is 0.214. The van der Waals surface area contributed by atoms with Gasteiger partial charge in [-0.3, -0.25) is 4.79 Å². The predicted octanol–water partition coefficient (Wildman–Crippen LogP) is 5.86. The molecule has 0 unspecified atom stereocenters. The Kier molecular flexibility index (Phi) is 6.67. The molecule has 0 bridgehead atoms. The van der Waals surface area contributed by atoms with Gasteiger partial charge >= 0.3 is 0 Å². The first-order chi connectivity index (χ1) is 17.8. The van der Waals surface area contributed by atoms with E-state index in [1.54, 1.807) is 21.6 Å². The molecule has 0 saturated heterocycles. The number of carbonyl (C=O) groups is 1. The molecule has 1 N–H and O–H groups in total. The van der Waals surface area contributed by atoms with Crippen molar-refractivity contribution in [2.75, 3.05) is 5.32 Å². The molecule has 9 heteroatoms. The minimum atomic E-state index is -0.212. The number of ether oxygens (including phenoxy) is 1. The van der Waals surface area contributed by atoms with Gasteiger partial charge in [-0.15, -0.1) is 0 Å². The molecule has 1 amide bonds. The first-order valence-corrected chi connectivity index (χ1v) is 12.3. The minimum absolute atomic E-state index is 0.0280. The van der Waals surface area contributed by atoms with Crippen molar-refractivity contribution in [2.24, 2.45) is 0 Å². The van der Waals surface area contributed by atoms with Crippen LogP contribution in [0, 0.1) is 27.7 Å². The lowest BCUT2D eigenvalue weighted by Gasteiger charge is -2.10. The predicted molar refractivity (Wildman–Crippen MR) is 145 cm³/mol. The third kappa shape index (κ3) is 4.93. The van der Waals surface area contributed by atoms with E-state index in [9.17, 15) is 4.79 Å². The lowest BCUT2D eigenvalue weighted by molar-refractivity contribution is -0.116. The fourth-order valence-electron chi connectivity index (χ4n) is 4.41. The van der Waals surface area contributed by atoms with E-state index in [1.165, 1.54) is 0 Å². The molecule has 3 aromatic heterocycles. The first-order valence-electron chi connectivity index (χ1n) is 11.9. The summed E-state index contributed by atoms with van der Waals surface area (Å²) >= 11 is 6.10. The van der Waals surface area contributed by atoms with Crippen LogP contribution >= 0.6 is 11.6 Å². The second kappa shape index (κ2) is 10.1. The zero-order chi connectivity index (χ0) is 26.1. The lowest BCUT2D eigenvalue weighted by atomic mass is 10.0. The number of nitrogens with zero attached hydrogens (tertiary/aromatic N) is 5. The van der Waals surface area contributed by atoms with Crippen molar-refractivity contribution in [1.82, 2.24) is 24.5 Å². The van der Waals surface area contributed by atoms with Gasteiger partial charge in [-0.05, 0) is 68.7 Å². The Morgan fingerprint density at radius 3 is 2.49 bits per heavy atom. The van der Waals surface area contributed by atoms with Crippen LogP contribution in [0.5, 0.6) is 5.75 Å². The number of benzene rings is 2. The van der Waals surface area contributed by atoms with Crippen LogP contribution < -0.4 is 10.1 Å². The normalized spacial score (nSPS) is 11.2. The van der Waals surface area contributed by atoms with Crippen molar-refractivity contribution in [3.05, 3.63) is 88.5 Å². The van der Waals surface area contributed by atoms with E-state index >= 15 is 0 Å². The largest absolute Gasteiger partial charge is 0.471 e. The van der Waals surface area contributed by atoms with E-state index in [1.807, 2.05) is 64.1 Å². The summed E-state index contributed by atoms with van der Waals surface area (Å²) in [6.07, 6.45) is 1.75. The van der Waals surface area contributed by atoms with Crippen LogP contribution in [0.15, 0.2) is 60.8 Å². The number of fused-ring (bicyclic) bond motifs is 1. The average molecular weight is 515 g/mol. The van der Waals surface area contributed by atoms with Gasteiger partial charge in [0.25, 0.3) is 0 Å². The molecule has 0 aliphatic heterocycles. The number of halogens is 1. The molecule has 0 saturated carbocycles. The number of amides is 1. The summed E-state index contributed by atoms with van der Waals surface area (Å²) in [4.78, 5) is 17.6. The van der Waals surface area contributed by atoms with Crippen molar-refractivity contribution >= 4 is 34.2 Å². The number of aromatic nitrogens is 5. The zero-order valence-corrected chi connectivity index (χ0v) is 21.9. The van der Waals surface area contributed by atoms with Crippen LogP contribution in [0.2, 0.25) is 5.02 Å². The van der Waals surface area contributed by atoms with Gasteiger partial charge in [0.1, 0.15) is 12.3 Å². The zero-order valence-electron chi connectivity index (χ0n) is 21.1. The summed E-state index contributed by atoms with van der Waals surface area (Å²) < 4.78 is 9.25. The Balaban J connectivity index is 1.33. The van der Waals surface area contributed by atoms with Crippen molar-refractivity contribution in [1.29, 1.82) is 0 Å². The van der Waals surface area contributed by atoms with Crippen LogP contribution in [-0.4, -0.2) is 30.5 Å². The molecule has 0 fully saturated rings. The van der Waals surface area contributed by atoms with Crippen molar-refractivity contribution in [3.8, 4) is 16.9 Å². The number of hydrogen-bond donors (Lipinski definition) is 1. The third-order valence-electron chi connectivity index (χ3n) is 6.31. The maximum Gasteiger partial charge on any atom is 0.246 e. The summed E-state index contributed by atoms with van der Waals surface area (Å²) in [5, 5.41) is 13.8. The lowest BCUT2D eigenvalue weighted by Crippen LogP contribution is -2.20. The number of pyridine rings is 1. The Morgan fingerprint density at radius 1 is 0.973 bits per heavy atom. The van der Waals surface area contributed by atoms with E-state index in [-0.39, 0.29) is 19.2 Å². The molecule has 5 rings (SSSR count). The van der Waals surface area contributed by atoms with Gasteiger partial charge in [0.15, 0.2) is 12.4 Å². The van der Waals surface area contributed by atoms with E-state index < -0.39 is 0 Å². The molecular weight excluding hydrogens is 488 g/mol. The van der Waals surface area contributed by atoms with Gasteiger partial charge in [0.2, 0.25) is 5.91 Å². The molecule has 37 heavy (non-hydrogen) atoms. The Morgan fingerprint density at radius 2 is 1.73 bits per heavy atom. The van der Waals surface area contributed by atoms with Gasteiger partial charge in [0.05, 0.1) is 22.8 Å². The Hall–Kier alpha value is -4.17. The SMILES string of the molecule is Cc1cc(OCn2nc(C)c(NC(=O)Cn3nc(C)c4c(-c5ccccc5)ccnc43)c2C)ccc1Cl. The highest BCUT2D eigenvalue weighted by Gasteiger charge is 2.18. The summed E-state index contributed by atoms with van der Waals surface area (Å²) in [7, 11) is 0. The van der Waals surface area contributed by atoms with Crippen LogP contribution in [0.25, 0.3) is 22.2 Å². The van der Waals surface area contributed by atoms with Gasteiger partial charge in [-0.2, -0.15) is 10.2 Å². The molecule has 2 aromatic carbocycles. The molecule has 0 aliphatic carbocycles. The summed E-state index contributed by atoms with van der Waals surface area (Å²) in [5.41, 5.74) is 6.71. The molecule has 0 radical (unpaired) electrons. The Bertz CT molecular complexity index is 1610. The van der Waals surface area contributed by atoms with Crippen molar-refractivity contribution in [3.63, 3.8) is 0 Å². The third-order valence-corrected chi connectivity index (χ3v) is 6.74. The standard InChI is InChI=1S/C28H27ClN6O2/c1-17-14-22(10-11-24(17)29)37-16-35-20(4)27(19(3)33-35)31-25(36)15-34-28-26(18(2)32-34)23(12-13-30-28)21-8-6-5-7-9-21/h5-14H,15-16H2,1-4H3,(H,31,36).